The maximum absolute atomic E-state index is 12.0. The Morgan fingerprint density at radius 3 is 2.75 bits per heavy atom. The predicted molar refractivity (Wildman–Crippen MR) is 98.0 cm³/mol. The van der Waals surface area contributed by atoms with Gasteiger partial charge < -0.3 is 9.73 Å². The maximum atomic E-state index is 12.0. The Morgan fingerprint density at radius 2 is 2.00 bits per heavy atom. The van der Waals surface area contributed by atoms with Crippen LogP contribution in [0.1, 0.15) is 5.56 Å². The molecule has 0 aliphatic heterocycles. The molecule has 7 heteroatoms. The van der Waals surface area contributed by atoms with E-state index in [0.29, 0.717) is 11.1 Å². The van der Waals surface area contributed by atoms with E-state index in [0.717, 1.165) is 21.3 Å². The minimum Gasteiger partial charge on any atom is -0.411 e. The number of carbonyl (C=O) groups excluding carboxylic acids is 1. The largest absolute Gasteiger partial charge is 0.411 e. The zero-order valence-corrected chi connectivity index (χ0v) is 15.2. The van der Waals surface area contributed by atoms with Crippen LogP contribution in [0.2, 0.25) is 0 Å². The van der Waals surface area contributed by atoms with Crippen molar-refractivity contribution < 1.29 is 9.21 Å². The second-order valence-electron chi connectivity index (χ2n) is 5.09. The number of aromatic nitrogens is 2. The number of anilines is 1. The van der Waals surface area contributed by atoms with Gasteiger partial charge in [-0.15, -0.1) is 10.2 Å². The summed E-state index contributed by atoms with van der Waals surface area (Å²) in [6.07, 6.45) is 0. The minimum absolute atomic E-state index is 0.127. The highest BCUT2D eigenvalue weighted by molar-refractivity contribution is 9.10. The van der Waals surface area contributed by atoms with Gasteiger partial charge in [-0.05, 0) is 43.3 Å². The number of aryl methyl sites for hydroxylation is 1. The first-order valence-electron chi connectivity index (χ1n) is 7.19. The van der Waals surface area contributed by atoms with Crippen molar-refractivity contribution in [3.8, 4) is 11.5 Å². The Balaban J connectivity index is 1.57. The van der Waals surface area contributed by atoms with Crippen molar-refractivity contribution in [3.63, 3.8) is 0 Å². The number of thioether (sulfide) groups is 1. The molecule has 1 aromatic heterocycles. The summed E-state index contributed by atoms with van der Waals surface area (Å²) in [7, 11) is 0. The van der Waals surface area contributed by atoms with E-state index < -0.39 is 0 Å². The molecule has 0 fully saturated rings. The Hall–Kier alpha value is -2.12. The molecule has 0 saturated heterocycles. The van der Waals surface area contributed by atoms with E-state index in [1.54, 1.807) is 0 Å². The van der Waals surface area contributed by atoms with Crippen LogP contribution >= 0.6 is 27.7 Å². The molecule has 2 aromatic carbocycles. The summed E-state index contributed by atoms with van der Waals surface area (Å²) in [6, 6.07) is 15.2. The van der Waals surface area contributed by atoms with Gasteiger partial charge in [0.1, 0.15) is 0 Å². The molecular weight excluding hydrogens is 390 g/mol. The summed E-state index contributed by atoms with van der Waals surface area (Å²) in [6.45, 7) is 2.00. The number of carbonyl (C=O) groups is 1. The number of rotatable bonds is 5. The third-order valence-electron chi connectivity index (χ3n) is 3.13. The molecule has 1 amide bonds. The van der Waals surface area contributed by atoms with Gasteiger partial charge >= 0.3 is 0 Å². The number of amides is 1. The fraction of sp³-hybridized carbons (Fsp3) is 0.118. The minimum atomic E-state index is -0.127. The van der Waals surface area contributed by atoms with E-state index in [-0.39, 0.29) is 11.7 Å². The predicted octanol–water partition coefficient (Wildman–Crippen LogP) is 4.54. The lowest BCUT2D eigenvalue weighted by atomic mass is 10.1. The van der Waals surface area contributed by atoms with Crippen molar-refractivity contribution >= 4 is 39.3 Å². The number of nitrogens with zero attached hydrogens (tertiary/aromatic N) is 2. The summed E-state index contributed by atoms with van der Waals surface area (Å²) < 4.78 is 6.56. The molecule has 0 atom stereocenters. The number of halogens is 1. The average Bonchev–Trinajstić information content (AvgIpc) is 3.04. The summed E-state index contributed by atoms with van der Waals surface area (Å²) in [5, 5.41) is 11.2. The van der Waals surface area contributed by atoms with Crippen molar-refractivity contribution in [1.82, 2.24) is 10.2 Å². The monoisotopic (exact) mass is 403 g/mol. The fourth-order valence-corrected chi connectivity index (χ4v) is 2.85. The van der Waals surface area contributed by atoms with Crippen LogP contribution in [0, 0.1) is 6.92 Å². The molecule has 1 N–H and O–H groups in total. The van der Waals surface area contributed by atoms with Crippen LogP contribution < -0.4 is 5.32 Å². The second kappa shape index (κ2) is 7.63. The lowest BCUT2D eigenvalue weighted by Crippen LogP contribution is -2.13. The van der Waals surface area contributed by atoms with Gasteiger partial charge in [0.05, 0.1) is 5.75 Å². The highest BCUT2D eigenvalue weighted by Crippen LogP contribution is 2.24. The van der Waals surface area contributed by atoms with Crippen molar-refractivity contribution in [2.75, 3.05) is 11.1 Å². The molecule has 0 unspecified atom stereocenters. The van der Waals surface area contributed by atoms with E-state index in [1.807, 2.05) is 55.5 Å². The van der Waals surface area contributed by atoms with Crippen molar-refractivity contribution in [1.29, 1.82) is 0 Å². The molecule has 0 saturated carbocycles. The fourth-order valence-electron chi connectivity index (χ4n) is 2.02. The van der Waals surface area contributed by atoms with Gasteiger partial charge in [-0.3, -0.25) is 4.79 Å². The van der Waals surface area contributed by atoms with Crippen LogP contribution in [0.4, 0.5) is 5.69 Å². The molecule has 0 spiro atoms. The summed E-state index contributed by atoms with van der Waals surface area (Å²) in [4.78, 5) is 12.0. The van der Waals surface area contributed by atoms with Crippen molar-refractivity contribution in [2.24, 2.45) is 0 Å². The normalized spacial score (nSPS) is 10.6. The molecule has 0 aliphatic rings. The highest BCUT2D eigenvalue weighted by atomic mass is 79.9. The van der Waals surface area contributed by atoms with Crippen LogP contribution in [0.25, 0.3) is 11.5 Å². The maximum Gasteiger partial charge on any atom is 0.277 e. The highest BCUT2D eigenvalue weighted by Gasteiger charge is 2.11. The average molecular weight is 404 g/mol. The van der Waals surface area contributed by atoms with Crippen LogP contribution in [0.5, 0.6) is 0 Å². The molecule has 3 rings (SSSR count). The zero-order chi connectivity index (χ0) is 16.9. The van der Waals surface area contributed by atoms with E-state index in [1.165, 1.54) is 11.8 Å². The Bertz CT molecular complexity index is 849. The Morgan fingerprint density at radius 1 is 1.21 bits per heavy atom. The third kappa shape index (κ3) is 4.46. The van der Waals surface area contributed by atoms with Crippen LogP contribution in [-0.2, 0) is 4.79 Å². The van der Waals surface area contributed by atoms with Crippen LogP contribution in [-0.4, -0.2) is 21.9 Å². The molecule has 5 nitrogen and oxygen atoms in total. The Kier molecular flexibility index (Phi) is 5.32. The third-order valence-corrected chi connectivity index (χ3v) is 4.47. The van der Waals surface area contributed by atoms with Gasteiger partial charge in [0.25, 0.3) is 5.22 Å². The molecule has 3 aromatic rings. The number of hydrogen-bond acceptors (Lipinski definition) is 5. The number of benzene rings is 2. The number of nitrogens with one attached hydrogen (secondary N) is 1. The van der Waals surface area contributed by atoms with Crippen molar-refractivity contribution in [2.45, 2.75) is 12.1 Å². The topological polar surface area (TPSA) is 68.0 Å². The SMILES string of the molecule is Cc1cccc(-c2nnc(SCC(=O)Nc3ccc(Br)cc3)o2)c1. The zero-order valence-electron chi connectivity index (χ0n) is 12.8. The van der Waals surface area contributed by atoms with Gasteiger partial charge in [-0.25, -0.2) is 0 Å². The first-order valence-corrected chi connectivity index (χ1v) is 8.97. The van der Waals surface area contributed by atoms with Crippen LogP contribution in [0.15, 0.2) is 62.6 Å². The quantitative estimate of drug-likeness (QED) is 0.633. The Labute approximate surface area is 152 Å². The van der Waals surface area contributed by atoms with E-state index >= 15 is 0 Å². The second-order valence-corrected chi connectivity index (χ2v) is 6.93. The summed E-state index contributed by atoms with van der Waals surface area (Å²) in [5.74, 6) is 0.526. The molecule has 0 bridgehead atoms. The summed E-state index contributed by atoms with van der Waals surface area (Å²) >= 11 is 4.56. The van der Waals surface area contributed by atoms with Gasteiger partial charge in [0.2, 0.25) is 11.8 Å². The first kappa shape index (κ1) is 16.7. The van der Waals surface area contributed by atoms with E-state index in [4.69, 9.17) is 4.42 Å². The lowest BCUT2D eigenvalue weighted by molar-refractivity contribution is -0.113. The van der Waals surface area contributed by atoms with Gasteiger partial charge in [-0.1, -0.05) is 45.4 Å². The van der Waals surface area contributed by atoms with Crippen LogP contribution in [0.3, 0.4) is 0 Å². The van der Waals surface area contributed by atoms with Gasteiger partial charge in [0.15, 0.2) is 0 Å². The molecular formula is C17H14BrN3O2S. The summed E-state index contributed by atoms with van der Waals surface area (Å²) in [5.41, 5.74) is 2.73. The smallest absolute Gasteiger partial charge is 0.277 e. The lowest BCUT2D eigenvalue weighted by Gasteiger charge is -2.03. The molecule has 122 valence electrons. The van der Waals surface area contributed by atoms with Crippen molar-refractivity contribution in [3.05, 3.63) is 58.6 Å². The van der Waals surface area contributed by atoms with Gasteiger partial charge in [0, 0.05) is 15.7 Å². The molecule has 0 radical (unpaired) electrons. The van der Waals surface area contributed by atoms with E-state index in [2.05, 4.69) is 31.4 Å². The standard InChI is InChI=1S/C17H14BrN3O2S/c1-11-3-2-4-12(9-11)16-20-21-17(23-16)24-10-15(22)19-14-7-5-13(18)6-8-14/h2-9H,10H2,1H3,(H,19,22). The molecule has 1 heterocycles. The molecule has 0 aliphatic carbocycles. The number of hydrogen-bond donors (Lipinski definition) is 1. The first-order chi connectivity index (χ1) is 11.6. The van der Waals surface area contributed by atoms with Gasteiger partial charge in [-0.2, -0.15) is 0 Å². The van der Waals surface area contributed by atoms with E-state index in [9.17, 15) is 4.79 Å². The molecule has 24 heavy (non-hydrogen) atoms.